The molecule has 0 aliphatic carbocycles. The molecule has 0 saturated heterocycles. The molecule has 0 fully saturated rings. The molecule has 1 aliphatic heterocycles. The number of para-hydroxylation sites is 2. The van der Waals surface area contributed by atoms with Crippen LogP contribution in [0.1, 0.15) is 25.3 Å². The van der Waals surface area contributed by atoms with Gasteiger partial charge in [0.1, 0.15) is 6.61 Å². The maximum Gasteiger partial charge on any atom is 0.292 e. The van der Waals surface area contributed by atoms with Crippen LogP contribution in [-0.4, -0.2) is 23.2 Å². The highest BCUT2D eigenvalue weighted by molar-refractivity contribution is 7.16. The van der Waals surface area contributed by atoms with Crippen LogP contribution in [0.2, 0.25) is 0 Å². The summed E-state index contributed by atoms with van der Waals surface area (Å²) in [5, 5.41) is 0. The summed E-state index contributed by atoms with van der Waals surface area (Å²) in [6.07, 6.45) is -0.721. The van der Waals surface area contributed by atoms with E-state index in [2.05, 4.69) is 37.0 Å². The summed E-state index contributed by atoms with van der Waals surface area (Å²) in [6.45, 7) is 4.51. The molecule has 0 radical (unpaired) electrons. The van der Waals surface area contributed by atoms with E-state index in [1.807, 2.05) is 29.8 Å². The second-order valence-corrected chi connectivity index (χ2v) is 7.65. The van der Waals surface area contributed by atoms with Crippen LogP contribution in [0.15, 0.2) is 47.5 Å². The number of ether oxygens (including phenoxy) is 2. The first-order chi connectivity index (χ1) is 12.5. The van der Waals surface area contributed by atoms with Gasteiger partial charge in [0.2, 0.25) is 6.10 Å². The number of hydrogen-bond donors (Lipinski definition) is 0. The molecule has 1 aliphatic rings. The van der Waals surface area contributed by atoms with E-state index in [9.17, 15) is 4.79 Å². The zero-order valence-electron chi connectivity index (χ0n) is 14.9. The summed E-state index contributed by atoms with van der Waals surface area (Å²) in [5.41, 5.74) is 2.34. The maximum atomic E-state index is 12.6. The summed E-state index contributed by atoms with van der Waals surface area (Å²) in [6, 6.07) is 13.7. The van der Waals surface area contributed by atoms with Gasteiger partial charge in [-0.15, -0.1) is 0 Å². The molecule has 0 bridgehead atoms. The van der Waals surface area contributed by atoms with Gasteiger partial charge in [-0.25, -0.2) is 0 Å². The van der Waals surface area contributed by atoms with Crippen molar-refractivity contribution in [3.05, 3.63) is 52.8 Å². The molecule has 1 atom stereocenters. The molecule has 0 saturated carbocycles. The predicted octanol–water partition coefficient (Wildman–Crippen LogP) is 3.63. The van der Waals surface area contributed by atoms with E-state index in [4.69, 9.17) is 9.47 Å². The predicted molar refractivity (Wildman–Crippen MR) is 102 cm³/mol. The molecular weight excluding hydrogens is 348 g/mol. The first-order valence-electron chi connectivity index (χ1n) is 8.59. The third-order valence-corrected chi connectivity index (χ3v) is 5.58. The SMILES string of the molecule is CC(C)c1ccc2c(c1)sc(=NC(=O)C1COc3ccccc3O1)n2C. The number of amides is 1. The summed E-state index contributed by atoms with van der Waals surface area (Å²) in [5.74, 6) is 1.37. The van der Waals surface area contributed by atoms with Gasteiger partial charge in [-0.05, 0) is 35.7 Å². The molecule has 26 heavy (non-hydrogen) atoms. The Labute approximate surface area is 155 Å². The highest BCUT2D eigenvalue weighted by atomic mass is 32.1. The Hall–Kier alpha value is -2.60. The van der Waals surface area contributed by atoms with Gasteiger partial charge in [0.25, 0.3) is 5.91 Å². The number of nitrogens with zero attached hydrogens (tertiary/aromatic N) is 2. The van der Waals surface area contributed by atoms with Crippen LogP contribution in [0.4, 0.5) is 0 Å². The fraction of sp³-hybridized carbons (Fsp3) is 0.300. The van der Waals surface area contributed by atoms with Crippen LogP contribution >= 0.6 is 11.3 Å². The monoisotopic (exact) mass is 368 g/mol. The molecule has 4 rings (SSSR count). The van der Waals surface area contributed by atoms with Crippen LogP contribution in [0, 0.1) is 0 Å². The zero-order chi connectivity index (χ0) is 18.3. The van der Waals surface area contributed by atoms with E-state index in [0.717, 1.165) is 10.2 Å². The fourth-order valence-corrected chi connectivity index (χ4v) is 4.00. The van der Waals surface area contributed by atoms with Crippen molar-refractivity contribution >= 4 is 27.5 Å². The van der Waals surface area contributed by atoms with Crippen molar-refractivity contribution in [1.82, 2.24) is 4.57 Å². The molecule has 0 spiro atoms. The Morgan fingerprint density at radius 1 is 1.23 bits per heavy atom. The van der Waals surface area contributed by atoms with E-state index in [1.54, 1.807) is 6.07 Å². The van der Waals surface area contributed by atoms with Crippen LogP contribution in [0.5, 0.6) is 11.5 Å². The molecule has 6 heteroatoms. The quantitative estimate of drug-likeness (QED) is 0.694. The minimum absolute atomic E-state index is 0.172. The van der Waals surface area contributed by atoms with Crippen LogP contribution in [-0.2, 0) is 11.8 Å². The Morgan fingerprint density at radius 2 is 2.00 bits per heavy atom. The molecule has 3 aromatic rings. The maximum absolute atomic E-state index is 12.6. The topological polar surface area (TPSA) is 52.8 Å². The van der Waals surface area contributed by atoms with Crippen molar-refractivity contribution in [3.8, 4) is 11.5 Å². The number of benzene rings is 2. The lowest BCUT2D eigenvalue weighted by molar-refractivity contribution is -0.127. The minimum atomic E-state index is -0.721. The third kappa shape index (κ3) is 3.01. The third-order valence-electron chi connectivity index (χ3n) is 4.49. The molecule has 0 N–H and O–H groups in total. The van der Waals surface area contributed by atoms with Crippen molar-refractivity contribution < 1.29 is 14.3 Å². The van der Waals surface area contributed by atoms with Gasteiger partial charge in [-0.2, -0.15) is 4.99 Å². The lowest BCUT2D eigenvalue weighted by atomic mass is 10.0. The van der Waals surface area contributed by atoms with E-state index < -0.39 is 6.10 Å². The Morgan fingerprint density at radius 3 is 2.77 bits per heavy atom. The number of hydrogen-bond acceptors (Lipinski definition) is 4. The number of aromatic nitrogens is 1. The van der Waals surface area contributed by atoms with Gasteiger partial charge in [0.05, 0.1) is 10.2 Å². The summed E-state index contributed by atoms with van der Waals surface area (Å²) >= 11 is 1.51. The lowest BCUT2D eigenvalue weighted by Crippen LogP contribution is -2.36. The highest BCUT2D eigenvalue weighted by Crippen LogP contribution is 2.31. The molecule has 1 amide bonds. The molecule has 2 heterocycles. The van der Waals surface area contributed by atoms with Crippen LogP contribution < -0.4 is 14.3 Å². The summed E-state index contributed by atoms with van der Waals surface area (Å²) in [4.78, 5) is 17.6. The summed E-state index contributed by atoms with van der Waals surface area (Å²) < 4.78 is 14.4. The summed E-state index contributed by atoms with van der Waals surface area (Å²) in [7, 11) is 1.92. The van der Waals surface area contributed by atoms with E-state index in [0.29, 0.717) is 22.2 Å². The highest BCUT2D eigenvalue weighted by Gasteiger charge is 2.27. The van der Waals surface area contributed by atoms with Gasteiger partial charge in [-0.3, -0.25) is 4.79 Å². The lowest BCUT2D eigenvalue weighted by Gasteiger charge is -2.23. The number of fused-ring (bicyclic) bond motifs is 2. The number of aryl methyl sites for hydroxylation is 1. The van der Waals surface area contributed by atoms with Crippen LogP contribution in [0.25, 0.3) is 10.2 Å². The first-order valence-corrected chi connectivity index (χ1v) is 9.41. The number of thiazole rings is 1. The van der Waals surface area contributed by atoms with Gasteiger partial charge >= 0.3 is 0 Å². The second kappa shape index (κ2) is 6.61. The van der Waals surface area contributed by atoms with Gasteiger partial charge in [0.15, 0.2) is 16.3 Å². The van der Waals surface area contributed by atoms with Crippen molar-refractivity contribution in [3.63, 3.8) is 0 Å². The largest absolute Gasteiger partial charge is 0.485 e. The van der Waals surface area contributed by atoms with E-state index >= 15 is 0 Å². The normalized spacial score (nSPS) is 17.1. The van der Waals surface area contributed by atoms with Crippen molar-refractivity contribution in [1.29, 1.82) is 0 Å². The number of rotatable bonds is 2. The Bertz CT molecular complexity index is 1050. The first kappa shape index (κ1) is 16.8. The molecule has 5 nitrogen and oxygen atoms in total. The van der Waals surface area contributed by atoms with E-state index in [-0.39, 0.29) is 12.5 Å². The molecule has 2 aromatic carbocycles. The molecule has 134 valence electrons. The van der Waals surface area contributed by atoms with Crippen LogP contribution in [0.3, 0.4) is 0 Å². The average Bonchev–Trinajstić information content (AvgIpc) is 2.96. The smallest absolute Gasteiger partial charge is 0.292 e. The number of carbonyl (C=O) groups is 1. The van der Waals surface area contributed by atoms with Gasteiger partial charge in [-0.1, -0.05) is 43.4 Å². The average molecular weight is 368 g/mol. The Kier molecular flexibility index (Phi) is 4.28. The molecule has 1 unspecified atom stereocenters. The van der Waals surface area contributed by atoms with Crippen molar-refractivity contribution in [2.75, 3.05) is 6.61 Å². The minimum Gasteiger partial charge on any atom is -0.485 e. The Balaban J connectivity index is 1.66. The standard InChI is InChI=1S/C20H20N2O3S/c1-12(2)13-8-9-14-18(10-13)26-20(22(14)3)21-19(23)17-11-24-15-6-4-5-7-16(15)25-17/h4-10,12,17H,11H2,1-3H3. The second-order valence-electron chi connectivity index (χ2n) is 6.64. The zero-order valence-corrected chi connectivity index (χ0v) is 15.7. The molecule has 1 aromatic heterocycles. The fourth-order valence-electron chi connectivity index (χ4n) is 2.92. The van der Waals surface area contributed by atoms with Gasteiger partial charge < -0.3 is 14.0 Å². The van der Waals surface area contributed by atoms with Gasteiger partial charge in [0, 0.05) is 7.05 Å². The van der Waals surface area contributed by atoms with E-state index in [1.165, 1.54) is 16.9 Å². The number of carbonyl (C=O) groups excluding carboxylic acids is 1. The molecular formula is C20H20N2O3S. The van der Waals surface area contributed by atoms with Crippen molar-refractivity contribution in [2.24, 2.45) is 12.0 Å². The van der Waals surface area contributed by atoms with Crippen molar-refractivity contribution in [2.45, 2.75) is 25.9 Å².